The highest BCUT2D eigenvalue weighted by atomic mass is 32.1. The molecule has 0 aliphatic rings. The molecule has 0 amide bonds. The number of H-pyrrole nitrogens is 1. The van der Waals surface area contributed by atoms with Crippen LogP contribution >= 0.6 is 12.2 Å². The Morgan fingerprint density at radius 2 is 1.67 bits per heavy atom. The Bertz CT molecular complexity index is 1110. The maximum absolute atomic E-state index is 5.54. The second kappa shape index (κ2) is 9.46. The smallest absolute Gasteiger partial charge is 0.166 e. The van der Waals surface area contributed by atoms with E-state index >= 15 is 0 Å². The van der Waals surface area contributed by atoms with E-state index in [4.69, 9.17) is 17.0 Å². The Morgan fingerprint density at radius 3 is 2.43 bits per heavy atom. The minimum atomic E-state index is 0.142. The molecule has 0 aliphatic carbocycles. The van der Waals surface area contributed by atoms with Crippen molar-refractivity contribution < 1.29 is 4.74 Å². The fourth-order valence-electron chi connectivity index (χ4n) is 3.66. The monoisotopic (exact) mass is 415 g/mol. The molecule has 3 aromatic carbocycles. The van der Waals surface area contributed by atoms with Crippen molar-refractivity contribution in [2.75, 3.05) is 13.7 Å². The molecule has 4 nitrogen and oxygen atoms in total. The van der Waals surface area contributed by atoms with Gasteiger partial charge in [-0.3, -0.25) is 0 Å². The summed E-state index contributed by atoms with van der Waals surface area (Å²) in [6.07, 6.45) is 2.10. The maximum atomic E-state index is 5.54. The molecule has 1 heterocycles. The number of para-hydroxylation sites is 1. The van der Waals surface area contributed by atoms with E-state index in [2.05, 4.69) is 64.3 Å². The summed E-state index contributed by atoms with van der Waals surface area (Å²) in [5, 5.41) is 8.58. The molecule has 0 spiro atoms. The maximum Gasteiger partial charge on any atom is 0.166 e. The molecule has 0 fully saturated rings. The van der Waals surface area contributed by atoms with E-state index in [-0.39, 0.29) is 5.92 Å². The second-order valence-corrected chi connectivity index (χ2v) is 7.57. The van der Waals surface area contributed by atoms with Crippen molar-refractivity contribution in [3.63, 3.8) is 0 Å². The summed E-state index contributed by atoms with van der Waals surface area (Å²) in [5.41, 5.74) is 4.79. The van der Waals surface area contributed by atoms with Crippen LogP contribution in [0.3, 0.4) is 0 Å². The highest BCUT2D eigenvalue weighted by Gasteiger charge is 2.18. The van der Waals surface area contributed by atoms with Crippen LogP contribution in [0.4, 0.5) is 0 Å². The number of hydrogen-bond acceptors (Lipinski definition) is 2. The van der Waals surface area contributed by atoms with Crippen LogP contribution in [0.15, 0.2) is 85.1 Å². The van der Waals surface area contributed by atoms with Crippen molar-refractivity contribution in [3.8, 4) is 5.75 Å². The summed E-state index contributed by atoms with van der Waals surface area (Å²) in [7, 11) is 1.69. The van der Waals surface area contributed by atoms with Crippen molar-refractivity contribution in [1.82, 2.24) is 15.6 Å². The molecule has 0 saturated heterocycles. The molecule has 0 aliphatic heterocycles. The van der Waals surface area contributed by atoms with Gasteiger partial charge >= 0.3 is 0 Å². The van der Waals surface area contributed by atoms with Crippen LogP contribution in [0, 0.1) is 0 Å². The zero-order chi connectivity index (χ0) is 20.8. The number of aromatic nitrogens is 1. The van der Waals surface area contributed by atoms with Gasteiger partial charge in [0.1, 0.15) is 5.75 Å². The lowest BCUT2D eigenvalue weighted by atomic mass is 9.91. The van der Waals surface area contributed by atoms with Crippen LogP contribution < -0.4 is 15.4 Å². The van der Waals surface area contributed by atoms with Gasteiger partial charge in [-0.1, -0.05) is 60.7 Å². The van der Waals surface area contributed by atoms with Crippen LogP contribution in [-0.2, 0) is 6.54 Å². The van der Waals surface area contributed by atoms with E-state index in [1.54, 1.807) is 7.11 Å². The molecular weight excluding hydrogens is 390 g/mol. The van der Waals surface area contributed by atoms with Gasteiger partial charge in [0.2, 0.25) is 0 Å². The van der Waals surface area contributed by atoms with Crippen molar-refractivity contribution in [1.29, 1.82) is 0 Å². The van der Waals surface area contributed by atoms with E-state index in [0.717, 1.165) is 11.3 Å². The average Bonchev–Trinajstić information content (AvgIpc) is 3.23. The molecule has 5 heteroatoms. The molecule has 1 aromatic heterocycles. The van der Waals surface area contributed by atoms with E-state index in [9.17, 15) is 0 Å². The predicted molar refractivity (Wildman–Crippen MR) is 127 cm³/mol. The first-order valence-corrected chi connectivity index (χ1v) is 10.4. The summed E-state index contributed by atoms with van der Waals surface area (Å²) in [6.45, 7) is 1.39. The molecule has 1 atom stereocenters. The fraction of sp³-hybridized carbons (Fsp3) is 0.160. The lowest BCUT2D eigenvalue weighted by Crippen LogP contribution is -2.37. The van der Waals surface area contributed by atoms with Crippen LogP contribution in [0.2, 0.25) is 0 Å². The van der Waals surface area contributed by atoms with Gasteiger partial charge in [-0.25, -0.2) is 0 Å². The highest BCUT2D eigenvalue weighted by molar-refractivity contribution is 7.80. The van der Waals surface area contributed by atoms with Gasteiger partial charge in [0.25, 0.3) is 0 Å². The number of benzene rings is 3. The first-order valence-electron chi connectivity index (χ1n) is 10.00. The van der Waals surface area contributed by atoms with Gasteiger partial charge in [-0.15, -0.1) is 0 Å². The number of hydrogen-bond donors (Lipinski definition) is 3. The first-order chi connectivity index (χ1) is 14.7. The Morgan fingerprint density at radius 1 is 0.933 bits per heavy atom. The van der Waals surface area contributed by atoms with Crippen LogP contribution in [0.1, 0.15) is 22.6 Å². The minimum Gasteiger partial charge on any atom is -0.497 e. The van der Waals surface area contributed by atoms with Gasteiger partial charge in [-0.05, 0) is 47.1 Å². The SMILES string of the molecule is COc1ccc([C@@H](CNC(=S)NCc2ccccc2)c2c[nH]c3ccccc23)cc1. The molecule has 0 unspecified atom stereocenters. The number of ether oxygens (including phenoxy) is 1. The summed E-state index contributed by atoms with van der Waals surface area (Å²) in [5.74, 6) is 0.993. The predicted octanol–water partition coefficient (Wildman–Crippen LogP) is 4.97. The zero-order valence-corrected chi connectivity index (χ0v) is 17.7. The molecule has 3 N–H and O–H groups in total. The number of fused-ring (bicyclic) bond motifs is 1. The average molecular weight is 416 g/mol. The largest absolute Gasteiger partial charge is 0.497 e. The topological polar surface area (TPSA) is 49.1 Å². The van der Waals surface area contributed by atoms with E-state index in [1.165, 1.54) is 22.1 Å². The Balaban J connectivity index is 1.52. The lowest BCUT2D eigenvalue weighted by Gasteiger charge is -2.20. The molecule has 4 rings (SSSR count). The molecule has 0 bridgehead atoms. The summed E-state index contributed by atoms with van der Waals surface area (Å²) >= 11 is 5.54. The number of nitrogens with one attached hydrogen (secondary N) is 3. The molecule has 30 heavy (non-hydrogen) atoms. The minimum absolute atomic E-state index is 0.142. The van der Waals surface area contributed by atoms with Crippen LogP contribution in [0.25, 0.3) is 10.9 Å². The number of aromatic amines is 1. The summed E-state index contributed by atoms with van der Waals surface area (Å²) in [6, 6.07) is 26.9. The normalized spacial score (nSPS) is 11.8. The third kappa shape index (κ3) is 4.63. The third-order valence-corrected chi connectivity index (χ3v) is 5.57. The van der Waals surface area contributed by atoms with E-state index in [0.29, 0.717) is 18.2 Å². The molecule has 0 radical (unpaired) electrons. The van der Waals surface area contributed by atoms with Gasteiger partial charge in [0.05, 0.1) is 7.11 Å². The summed E-state index contributed by atoms with van der Waals surface area (Å²) in [4.78, 5) is 3.39. The van der Waals surface area contributed by atoms with Crippen molar-refractivity contribution in [2.24, 2.45) is 0 Å². The Kier molecular flexibility index (Phi) is 6.30. The fourth-order valence-corrected chi connectivity index (χ4v) is 3.82. The lowest BCUT2D eigenvalue weighted by molar-refractivity contribution is 0.414. The zero-order valence-electron chi connectivity index (χ0n) is 16.9. The molecule has 0 saturated carbocycles. The molecular formula is C25H25N3OS. The second-order valence-electron chi connectivity index (χ2n) is 7.16. The number of thiocarbonyl (C=S) groups is 1. The standard InChI is InChI=1S/C25H25N3OS/c1-29-20-13-11-19(12-14-20)22(23-17-26-24-10-6-5-9-21(23)24)16-28-25(30)27-15-18-7-3-2-4-8-18/h2-14,17,22,26H,15-16H2,1H3,(H2,27,28,30)/t22-/m1/s1. The van der Waals surface area contributed by atoms with Gasteiger partial charge in [-0.2, -0.15) is 0 Å². The molecule has 4 aromatic rings. The van der Waals surface area contributed by atoms with Gasteiger partial charge in [0, 0.05) is 36.1 Å². The quantitative estimate of drug-likeness (QED) is 0.373. The molecule has 152 valence electrons. The number of methoxy groups -OCH3 is 1. The van der Waals surface area contributed by atoms with Crippen LogP contribution in [0.5, 0.6) is 5.75 Å². The Labute approximate surface area is 182 Å². The number of rotatable bonds is 7. The summed E-state index contributed by atoms with van der Waals surface area (Å²) < 4.78 is 5.33. The van der Waals surface area contributed by atoms with Gasteiger partial charge in [0.15, 0.2) is 5.11 Å². The Hall–Kier alpha value is -3.31. The van der Waals surface area contributed by atoms with Crippen molar-refractivity contribution in [3.05, 3.63) is 102 Å². The van der Waals surface area contributed by atoms with E-state index in [1.807, 2.05) is 36.4 Å². The third-order valence-electron chi connectivity index (χ3n) is 5.28. The van der Waals surface area contributed by atoms with Gasteiger partial charge < -0.3 is 20.4 Å². The highest BCUT2D eigenvalue weighted by Crippen LogP contribution is 2.31. The van der Waals surface area contributed by atoms with Crippen molar-refractivity contribution >= 4 is 28.2 Å². The first kappa shape index (κ1) is 20.0. The van der Waals surface area contributed by atoms with Crippen LogP contribution in [-0.4, -0.2) is 23.8 Å². The van der Waals surface area contributed by atoms with Crippen molar-refractivity contribution in [2.45, 2.75) is 12.5 Å². The van der Waals surface area contributed by atoms with E-state index < -0.39 is 0 Å².